The molecule has 3 aromatic rings. The molecular formula is C22H27N7O2. The molecule has 2 fully saturated rings. The molecule has 31 heavy (non-hydrogen) atoms. The fourth-order valence-corrected chi connectivity index (χ4v) is 4.05. The first-order valence-corrected chi connectivity index (χ1v) is 10.8. The van der Waals surface area contributed by atoms with Crippen molar-refractivity contribution in [1.29, 1.82) is 0 Å². The van der Waals surface area contributed by atoms with Crippen molar-refractivity contribution in [3.8, 4) is 0 Å². The van der Waals surface area contributed by atoms with Gasteiger partial charge < -0.3 is 15.2 Å². The van der Waals surface area contributed by atoms with Gasteiger partial charge in [-0.25, -0.2) is 9.50 Å². The zero-order valence-corrected chi connectivity index (χ0v) is 17.9. The van der Waals surface area contributed by atoms with E-state index in [4.69, 9.17) is 0 Å². The third-order valence-electron chi connectivity index (χ3n) is 6.00. The number of nitrogens with one attached hydrogen (secondary N) is 2. The van der Waals surface area contributed by atoms with Crippen LogP contribution in [0.5, 0.6) is 0 Å². The van der Waals surface area contributed by atoms with Gasteiger partial charge in [-0.2, -0.15) is 5.10 Å². The van der Waals surface area contributed by atoms with Gasteiger partial charge in [0.2, 0.25) is 0 Å². The molecule has 9 heteroatoms. The van der Waals surface area contributed by atoms with E-state index in [-0.39, 0.29) is 11.5 Å². The Morgan fingerprint density at radius 1 is 1.19 bits per heavy atom. The van der Waals surface area contributed by atoms with Crippen LogP contribution in [0.1, 0.15) is 40.3 Å². The number of aromatic amines is 1. The van der Waals surface area contributed by atoms with Crippen LogP contribution >= 0.6 is 0 Å². The minimum absolute atomic E-state index is 0.0763. The number of rotatable bonds is 5. The largest absolute Gasteiger partial charge is 0.368 e. The molecule has 3 aromatic heterocycles. The molecule has 1 aliphatic heterocycles. The minimum atomic E-state index is -0.0778. The van der Waals surface area contributed by atoms with E-state index in [0.29, 0.717) is 17.3 Å². The first-order chi connectivity index (χ1) is 15.0. The van der Waals surface area contributed by atoms with E-state index >= 15 is 0 Å². The fraction of sp³-hybridized carbons (Fsp3) is 0.455. The molecule has 1 amide bonds. The molecule has 0 spiro atoms. The predicted octanol–water partition coefficient (Wildman–Crippen LogP) is 1.25. The summed E-state index contributed by atoms with van der Waals surface area (Å²) in [7, 11) is 0. The molecule has 5 rings (SSSR count). The number of fused-ring (bicyclic) bond motifs is 1. The number of aryl methyl sites for hydroxylation is 2. The smallest absolute Gasteiger partial charge is 0.270 e. The summed E-state index contributed by atoms with van der Waals surface area (Å²) in [6, 6.07) is 6.11. The molecule has 1 aliphatic carbocycles. The number of hydrogen-bond donors (Lipinski definition) is 2. The summed E-state index contributed by atoms with van der Waals surface area (Å²) in [6.45, 7) is 8.09. The highest BCUT2D eigenvalue weighted by atomic mass is 16.2. The summed E-state index contributed by atoms with van der Waals surface area (Å²) in [6.07, 6.45) is 3.90. The number of piperazine rings is 1. The summed E-state index contributed by atoms with van der Waals surface area (Å²) in [5.74, 6) is -0.0778. The summed E-state index contributed by atoms with van der Waals surface area (Å²) in [5, 5.41) is 7.59. The Hall–Kier alpha value is -3.20. The first kappa shape index (κ1) is 19.7. The number of anilines is 1. The number of H-pyrrole nitrogens is 1. The fourth-order valence-electron chi connectivity index (χ4n) is 4.05. The van der Waals surface area contributed by atoms with Crippen molar-refractivity contribution in [3.63, 3.8) is 0 Å². The number of aromatic nitrogens is 4. The van der Waals surface area contributed by atoms with Gasteiger partial charge in [-0.05, 0) is 38.8 Å². The maximum atomic E-state index is 12.2. The van der Waals surface area contributed by atoms with Crippen molar-refractivity contribution in [1.82, 2.24) is 29.8 Å². The maximum absolute atomic E-state index is 12.2. The van der Waals surface area contributed by atoms with E-state index in [0.717, 1.165) is 68.3 Å². The van der Waals surface area contributed by atoms with Crippen LogP contribution < -0.4 is 15.8 Å². The number of carbonyl (C=O) groups is 1. The number of carbonyl (C=O) groups excluding carboxylic acids is 1. The maximum Gasteiger partial charge on any atom is 0.270 e. The number of pyridine rings is 1. The molecule has 4 heterocycles. The quantitative estimate of drug-likeness (QED) is 0.643. The first-order valence-electron chi connectivity index (χ1n) is 10.8. The topological polar surface area (TPSA) is 98.6 Å². The average molecular weight is 422 g/mol. The van der Waals surface area contributed by atoms with Gasteiger partial charge in [-0.15, -0.1) is 0 Å². The molecule has 162 valence electrons. The van der Waals surface area contributed by atoms with Crippen LogP contribution in [-0.2, 0) is 6.54 Å². The van der Waals surface area contributed by atoms with Gasteiger partial charge in [0, 0.05) is 56.6 Å². The average Bonchev–Trinajstić information content (AvgIpc) is 3.48. The Morgan fingerprint density at radius 3 is 2.68 bits per heavy atom. The van der Waals surface area contributed by atoms with Crippen molar-refractivity contribution in [2.75, 3.05) is 31.1 Å². The van der Waals surface area contributed by atoms with Crippen molar-refractivity contribution in [3.05, 3.63) is 57.4 Å². The lowest BCUT2D eigenvalue weighted by Crippen LogP contribution is -2.46. The van der Waals surface area contributed by atoms with Crippen LogP contribution in [0.15, 0.2) is 29.2 Å². The highest BCUT2D eigenvalue weighted by Gasteiger charge is 2.25. The van der Waals surface area contributed by atoms with Crippen molar-refractivity contribution in [2.45, 2.75) is 39.3 Å². The lowest BCUT2D eigenvalue weighted by molar-refractivity contribution is 0.0946. The zero-order chi connectivity index (χ0) is 21.5. The van der Waals surface area contributed by atoms with Crippen molar-refractivity contribution < 1.29 is 4.79 Å². The van der Waals surface area contributed by atoms with Crippen LogP contribution in [0.25, 0.3) is 5.65 Å². The van der Waals surface area contributed by atoms with Gasteiger partial charge in [0.1, 0.15) is 11.3 Å². The predicted molar refractivity (Wildman–Crippen MR) is 118 cm³/mol. The molecule has 9 nitrogen and oxygen atoms in total. The summed E-state index contributed by atoms with van der Waals surface area (Å²) >= 11 is 0. The van der Waals surface area contributed by atoms with Gasteiger partial charge in [0.15, 0.2) is 0 Å². The van der Waals surface area contributed by atoms with Gasteiger partial charge in [0.05, 0.1) is 17.1 Å². The van der Waals surface area contributed by atoms with E-state index in [1.54, 1.807) is 17.6 Å². The van der Waals surface area contributed by atoms with Crippen LogP contribution in [0, 0.1) is 13.8 Å². The number of hydrogen-bond acceptors (Lipinski definition) is 6. The molecule has 0 atom stereocenters. The summed E-state index contributed by atoms with van der Waals surface area (Å²) < 4.78 is 1.73. The Morgan fingerprint density at radius 2 is 1.97 bits per heavy atom. The van der Waals surface area contributed by atoms with E-state index in [1.807, 2.05) is 25.1 Å². The Labute approximate surface area is 180 Å². The molecule has 2 N–H and O–H groups in total. The molecule has 1 saturated heterocycles. The minimum Gasteiger partial charge on any atom is -0.368 e. The molecule has 2 aliphatic rings. The van der Waals surface area contributed by atoms with Crippen LogP contribution in [0.2, 0.25) is 0 Å². The molecule has 0 bridgehead atoms. The van der Waals surface area contributed by atoms with Crippen molar-refractivity contribution in [2.24, 2.45) is 0 Å². The Balaban J connectivity index is 1.21. The Bertz CT molecular complexity index is 1190. The molecule has 1 saturated carbocycles. The van der Waals surface area contributed by atoms with Gasteiger partial charge in [-0.1, -0.05) is 0 Å². The molecule has 0 unspecified atom stereocenters. The monoisotopic (exact) mass is 421 g/mol. The standard InChI is InChI=1S/C22H27N7O2/c1-14-12-29-20(25-21(14)30)11-17(26-29)13-27-7-9-28(10-8-27)19-6-5-18(23-15(19)2)22(31)24-16-3-4-16/h5-6,11-12,16H,3-4,7-10,13H2,1-2H3,(H,24,31)(H,25,30). The normalized spacial score (nSPS) is 17.3. The molecule has 0 aromatic carbocycles. The lowest BCUT2D eigenvalue weighted by Gasteiger charge is -2.36. The second-order valence-corrected chi connectivity index (χ2v) is 8.54. The highest BCUT2D eigenvalue weighted by molar-refractivity contribution is 5.93. The van der Waals surface area contributed by atoms with Gasteiger partial charge >= 0.3 is 0 Å². The Kier molecular flexibility index (Phi) is 4.97. The van der Waals surface area contributed by atoms with Gasteiger partial charge in [-0.3, -0.25) is 14.5 Å². The van der Waals surface area contributed by atoms with Crippen molar-refractivity contribution >= 4 is 17.2 Å². The van der Waals surface area contributed by atoms with Gasteiger partial charge in [0.25, 0.3) is 11.5 Å². The SMILES string of the molecule is Cc1nc(C(=O)NC2CC2)ccc1N1CCN(Cc2cc3[nH]c(=O)c(C)cn3n2)CC1. The molecular weight excluding hydrogens is 394 g/mol. The second kappa shape index (κ2) is 7.81. The number of nitrogens with zero attached hydrogens (tertiary/aromatic N) is 5. The zero-order valence-electron chi connectivity index (χ0n) is 17.9. The van der Waals surface area contributed by atoms with E-state index in [2.05, 4.69) is 30.2 Å². The third-order valence-corrected chi connectivity index (χ3v) is 6.00. The van der Waals surface area contributed by atoms with E-state index in [1.165, 1.54) is 0 Å². The lowest BCUT2D eigenvalue weighted by atomic mass is 10.2. The van der Waals surface area contributed by atoms with Crippen LogP contribution in [0.3, 0.4) is 0 Å². The third kappa shape index (κ3) is 4.18. The van der Waals surface area contributed by atoms with Crippen LogP contribution in [-0.4, -0.2) is 62.6 Å². The highest BCUT2D eigenvalue weighted by Crippen LogP contribution is 2.22. The summed E-state index contributed by atoms with van der Waals surface area (Å²) in [4.78, 5) is 36.1. The van der Waals surface area contributed by atoms with E-state index < -0.39 is 0 Å². The number of amides is 1. The van der Waals surface area contributed by atoms with E-state index in [9.17, 15) is 9.59 Å². The van der Waals surface area contributed by atoms with Crippen LogP contribution in [0.4, 0.5) is 5.69 Å². The second-order valence-electron chi connectivity index (χ2n) is 8.54. The molecule has 0 radical (unpaired) electrons. The summed E-state index contributed by atoms with van der Waals surface area (Å²) in [5.41, 5.74) is 4.70.